The first kappa shape index (κ1) is 48.6. The van der Waals surface area contributed by atoms with Gasteiger partial charge in [0.2, 0.25) is 23.6 Å². The molecule has 2 N–H and O–H groups in total. The number of piperidine rings is 1. The molecule has 13 heteroatoms. The van der Waals surface area contributed by atoms with Gasteiger partial charge < -0.3 is 34.6 Å². The first-order valence-corrected chi connectivity index (χ1v) is 20.5. The molecule has 2 rings (SSSR count). The van der Waals surface area contributed by atoms with Crippen LogP contribution in [0.5, 0.6) is 0 Å². The van der Waals surface area contributed by atoms with Crippen LogP contribution < -0.4 is 5.32 Å². The molecule has 4 amide bonds. The Morgan fingerprint density at radius 1 is 0.857 bits per heavy atom. The zero-order chi connectivity index (χ0) is 42.4. The highest BCUT2D eigenvalue weighted by Gasteiger charge is 2.43. The van der Waals surface area contributed by atoms with Crippen LogP contribution in [-0.4, -0.2) is 146 Å². The van der Waals surface area contributed by atoms with Crippen molar-refractivity contribution >= 4 is 29.6 Å². The van der Waals surface area contributed by atoms with Gasteiger partial charge in [-0.3, -0.25) is 24.1 Å². The van der Waals surface area contributed by atoms with Gasteiger partial charge >= 0.3 is 5.97 Å². The van der Waals surface area contributed by atoms with Crippen molar-refractivity contribution in [3.63, 3.8) is 0 Å². The van der Waals surface area contributed by atoms with Crippen molar-refractivity contribution in [1.29, 1.82) is 0 Å². The maximum absolute atomic E-state index is 14.5. The third-order valence-electron chi connectivity index (χ3n) is 11.8. The largest absolute Gasteiger partial charge is 0.480 e. The van der Waals surface area contributed by atoms with E-state index in [1.54, 1.807) is 42.8 Å². The number of aliphatic carboxylic acids is 1. The highest BCUT2D eigenvalue weighted by molar-refractivity contribution is 5.90. The van der Waals surface area contributed by atoms with Gasteiger partial charge in [0.15, 0.2) is 0 Å². The number of nitrogens with zero attached hydrogens (tertiary/aromatic N) is 4. The third-order valence-corrected chi connectivity index (χ3v) is 11.8. The molecular weight excluding hydrogens is 714 g/mol. The number of amides is 4. The summed E-state index contributed by atoms with van der Waals surface area (Å²) in [5, 5.41) is 12.7. The Bertz CT molecular complexity index is 1400. The van der Waals surface area contributed by atoms with Crippen LogP contribution in [0.1, 0.15) is 92.6 Å². The Morgan fingerprint density at radius 3 is 1.95 bits per heavy atom. The van der Waals surface area contributed by atoms with Gasteiger partial charge in [0.25, 0.3) is 0 Å². The van der Waals surface area contributed by atoms with Crippen LogP contribution in [0, 0.1) is 23.7 Å². The van der Waals surface area contributed by atoms with Gasteiger partial charge in [-0.25, -0.2) is 4.79 Å². The number of hydrogen-bond acceptors (Lipinski definition) is 8. The topological polar surface area (TPSA) is 149 Å². The SMILES string of the molecule is CC[C@H](C)[C@@H]([C@@H](CC(=O)N1CCCC[C@H]1[C@H](OC)[C@@H](C)C(=O)N[C@@H](CCc1ccccc1)C(=O)O)OC)N(C)C(=O)[C@H](C(C)C)N(C)C(=O)[C@H](C(C)C)N(C)C. The number of carboxylic acid groups (broad SMARTS) is 1. The van der Waals surface area contributed by atoms with Gasteiger partial charge in [-0.1, -0.05) is 85.2 Å². The number of likely N-dealkylation sites (N-methyl/N-ethyl adjacent to an activating group) is 3. The number of nitrogens with one attached hydrogen (secondary N) is 1. The molecule has 0 spiro atoms. The van der Waals surface area contributed by atoms with Crippen LogP contribution in [0.15, 0.2) is 30.3 Å². The van der Waals surface area contributed by atoms with E-state index in [1.165, 1.54) is 7.11 Å². The molecular formula is C43H73N5O8. The van der Waals surface area contributed by atoms with Crippen molar-refractivity contribution in [1.82, 2.24) is 24.9 Å². The fraction of sp³-hybridized carbons (Fsp3) is 0.744. The zero-order valence-corrected chi connectivity index (χ0v) is 36.5. The van der Waals surface area contributed by atoms with E-state index in [2.05, 4.69) is 5.32 Å². The highest BCUT2D eigenvalue weighted by atomic mass is 16.5. The number of hydrogen-bond donors (Lipinski definition) is 2. The van der Waals surface area contributed by atoms with Crippen molar-refractivity contribution in [2.75, 3.05) is 49.0 Å². The molecule has 0 aromatic heterocycles. The molecule has 0 saturated carbocycles. The number of methoxy groups -OCH3 is 2. The summed E-state index contributed by atoms with van der Waals surface area (Å²) in [6, 6.07) is 6.42. The van der Waals surface area contributed by atoms with Crippen LogP contribution in [0.3, 0.4) is 0 Å². The molecule has 56 heavy (non-hydrogen) atoms. The standard InChI is InChI=1S/C43H73N5O8/c1-14-29(6)38(47(11)42(52)37(28(4)5)46(10)41(51)36(27(2)3)45(8)9)34(55-12)26-35(49)48-25-19-18-22-33(48)39(56-13)30(7)40(50)44-32(43(53)54)24-23-31-20-16-15-17-21-31/h15-17,20-21,27-30,32-34,36-39H,14,18-19,22-26H2,1-13H3,(H,44,50)(H,53,54)/t29-,30+,32-,33-,34+,36-,37-,38-,39+/m0/s1. The molecule has 318 valence electrons. The van der Waals surface area contributed by atoms with E-state index in [0.29, 0.717) is 19.4 Å². The van der Waals surface area contributed by atoms with Gasteiger partial charge in [0, 0.05) is 34.9 Å². The van der Waals surface area contributed by atoms with E-state index in [-0.39, 0.29) is 48.3 Å². The minimum Gasteiger partial charge on any atom is -0.480 e. The lowest BCUT2D eigenvalue weighted by Crippen LogP contribution is -2.60. The molecule has 0 radical (unpaired) electrons. The van der Waals surface area contributed by atoms with Gasteiger partial charge in [-0.2, -0.15) is 0 Å². The lowest BCUT2D eigenvalue weighted by Gasteiger charge is -2.44. The molecule has 1 heterocycles. The summed E-state index contributed by atoms with van der Waals surface area (Å²) < 4.78 is 12.0. The summed E-state index contributed by atoms with van der Waals surface area (Å²) in [7, 11) is 10.2. The molecule has 1 aromatic rings. The first-order chi connectivity index (χ1) is 26.3. The molecule has 1 aliphatic rings. The minimum atomic E-state index is -1.11. The van der Waals surface area contributed by atoms with Crippen molar-refractivity contribution in [2.45, 2.75) is 136 Å². The number of ether oxygens (including phenoxy) is 2. The van der Waals surface area contributed by atoms with Gasteiger partial charge in [-0.05, 0) is 69.5 Å². The van der Waals surface area contributed by atoms with Gasteiger partial charge in [-0.15, -0.1) is 0 Å². The Labute approximate surface area is 336 Å². The van der Waals surface area contributed by atoms with E-state index >= 15 is 0 Å². The zero-order valence-electron chi connectivity index (χ0n) is 36.5. The molecule has 1 fully saturated rings. The summed E-state index contributed by atoms with van der Waals surface area (Å²) in [6.07, 6.45) is 2.34. The monoisotopic (exact) mass is 788 g/mol. The van der Waals surface area contributed by atoms with Gasteiger partial charge in [0.05, 0.1) is 42.7 Å². The quantitative estimate of drug-likeness (QED) is 0.173. The predicted octanol–water partition coefficient (Wildman–Crippen LogP) is 4.57. The minimum absolute atomic E-state index is 0.00557. The van der Waals surface area contributed by atoms with Crippen LogP contribution in [0.25, 0.3) is 0 Å². The van der Waals surface area contributed by atoms with E-state index in [4.69, 9.17) is 9.47 Å². The maximum Gasteiger partial charge on any atom is 0.326 e. The summed E-state index contributed by atoms with van der Waals surface area (Å²) in [5.74, 6) is -3.00. The second-order valence-electron chi connectivity index (χ2n) is 16.7. The van der Waals surface area contributed by atoms with Crippen molar-refractivity contribution in [2.24, 2.45) is 23.7 Å². The number of likely N-dealkylation sites (tertiary alicyclic amines) is 1. The normalized spacial score (nSPS) is 19.1. The lowest BCUT2D eigenvalue weighted by molar-refractivity contribution is -0.155. The van der Waals surface area contributed by atoms with E-state index in [1.807, 2.05) is 90.9 Å². The van der Waals surface area contributed by atoms with Crippen LogP contribution >= 0.6 is 0 Å². The second kappa shape index (κ2) is 23.0. The number of carbonyl (C=O) groups is 5. The van der Waals surface area contributed by atoms with E-state index < -0.39 is 60.2 Å². The number of rotatable bonds is 22. The molecule has 1 aliphatic heterocycles. The summed E-state index contributed by atoms with van der Waals surface area (Å²) in [6.45, 7) is 14.1. The molecule has 1 saturated heterocycles. The van der Waals surface area contributed by atoms with Gasteiger partial charge in [0.1, 0.15) is 12.1 Å². The van der Waals surface area contributed by atoms with Crippen molar-refractivity contribution < 1.29 is 38.6 Å². The molecule has 9 atom stereocenters. The summed E-state index contributed by atoms with van der Waals surface area (Å²) in [5.41, 5.74) is 0.981. The second-order valence-corrected chi connectivity index (χ2v) is 16.7. The number of carboxylic acids is 1. The first-order valence-electron chi connectivity index (χ1n) is 20.5. The molecule has 13 nitrogen and oxygen atoms in total. The molecule has 0 bridgehead atoms. The van der Waals surface area contributed by atoms with Crippen LogP contribution in [-0.2, 0) is 39.9 Å². The Hall–Kier alpha value is -3.55. The molecule has 0 unspecified atom stereocenters. The average Bonchev–Trinajstić information content (AvgIpc) is 3.15. The average molecular weight is 788 g/mol. The third kappa shape index (κ3) is 12.7. The summed E-state index contributed by atoms with van der Waals surface area (Å²) in [4.78, 5) is 75.4. The number of aryl methyl sites for hydroxylation is 1. The van der Waals surface area contributed by atoms with Crippen molar-refractivity contribution in [3.05, 3.63) is 35.9 Å². The van der Waals surface area contributed by atoms with Crippen molar-refractivity contribution in [3.8, 4) is 0 Å². The lowest BCUT2D eigenvalue weighted by atomic mass is 9.87. The Morgan fingerprint density at radius 2 is 1.45 bits per heavy atom. The Balaban J connectivity index is 2.32. The Kier molecular flexibility index (Phi) is 20.0. The molecule has 0 aliphatic carbocycles. The highest BCUT2D eigenvalue weighted by Crippen LogP contribution is 2.30. The summed E-state index contributed by atoms with van der Waals surface area (Å²) >= 11 is 0. The van der Waals surface area contributed by atoms with E-state index in [0.717, 1.165) is 24.8 Å². The number of benzene rings is 1. The smallest absolute Gasteiger partial charge is 0.326 e. The molecule has 1 aromatic carbocycles. The number of carbonyl (C=O) groups excluding carboxylic acids is 4. The fourth-order valence-electron chi connectivity index (χ4n) is 8.54. The van der Waals surface area contributed by atoms with Crippen LogP contribution in [0.4, 0.5) is 0 Å². The maximum atomic E-state index is 14.5. The fourth-order valence-corrected chi connectivity index (χ4v) is 8.54. The van der Waals surface area contributed by atoms with E-state index in [9.17, 15) is 29.1 Å². The predicted molar refractivity (Wildman–Crippen MR) is 219 cm³/mol. The van der Waals surface area contributed by atoms with Crippen LogP contribution in [0.2, 0.25) is 0 Å².